The van der Waals surface area contributed by atoms with Crippen LogP contribution in [-0.2, 0) is 11.2 Å². The standard InChI is InChI=1S/C17H18INO2/c1-3-13-4-7-15(8-5-13)21-11-17(20)19-16-9-6-14(18)10-12(16)2/h4-10H,3,11H2,1-2H3,(H,19,20). The lowest BCUT2D eigenvalue weighted by molar-refractivity contribution is -0.118. The third kappa shape index (κ3) is 4.74. The molecule has 110 valence electrons. The number of ether oxygens (including phenoxy) is 1. The van der Waals surface area contributed by atoms with Crippen molar-refractivity contribution in [3.05, 3.63) is 57.2 Å². The maximum absolute atomic E-state index is 11.9. The van der Waals surface area contributed by atoms with E-state index in [0.29, 0.717) is 5.75 Å². The third-order valence-corrected chi connectivity index (χ3v) is 3.84. The van der Waals surface area contributed by atoms with E-state index in [-0.39, 0.29) is 12.5 Å². The number of benzene rings is 2. The fraction of sp³-hybridized carbons (Fsp3) is 0.235. The van der Waals surface area contributed by atoms with Crippen LogP contribution in [0.25, 0.3) is 0 Å². The van der Waals surface area contributed by atoms with Crippen LogP contribution >= 0.6 is 22.6 Å². The number of nitrogens with one attached hydrogen (secondary N) is 1. The van der Waals surface area contributed by atoms with E-state index in [1.807, 2.05) is 49.4 Å². The van der Waals surface area contributed by atoms with Gasteiger partial charge in [0, 0.05) is 9.26 Å². The van der Waals surface area contributed by atoms with Crippen LogP contribution in [0.15, 0.2) is 42.5 Å². The SMILES string of the molecule is CCc1ccc(OCC(=O)Nc2ccc(I)cc2C)cc1. The molecule has 2 aromatic rings. The number of hydrogen-bond donors (Lipinski definition) is 1. The second-order valence-electron chi connectivity index (χ2n) is 4.79. The van der Waals surface area contributed by atoms with Gasteiger partial charge in [-0.25, -0.2) is 0 Å². The molecule has 2 aromatic carbocycles. The van der Waals surface area contributed by atoms with E-state index in [9.17, 15) is 4.79 Å². The molecule has 0 atom stereocenters. The number of amides is 1. The monoisotopic (exact) mass is 395 g/mol. The summed E-state index contributed by atoms with van der Waals surface area (Å²) in [7, 11) is 0. The van der Waals surface area contributed by atoms with Gasteiger partial charge in [0.25, 0.3) is 5.91 Å². The zero-order valence-electron chi connectivity index (χ0n) is 12.2. The molecule has 1 amide bonds. The summed E-state index contributed by atoms with van der Waals surface area (Å²) in [4.78, 5) is 11.9. The third-order valence-electron chi connectivity index (χ3n) is 3.16. The molecule has 0 bridgehead atoms. The molecule has 21 heavy (non-hydrogen) atoms. The van der Waals surface area contributed by atoms with Gasteiger partial charge >= 0.3 is 0 Å². The molecule has 0 radical (unpaired) electrons. The molecule has 3 nitrogen and oxygen atoms in total. The number of aryl methyl sites for hydroxylation is 2. The zero-order valence-corrected chi connectivity index (χ0v) is 14.3. The summed E-state index contributed by atoms with van der Waals surface area (Å²) in [6.07, 6.45) is 0.993. The lowest BCUT2D eigenvalue weighted by atomic mass is 10.2. The van der Waals surface area contributed by atoms with Crippen molar-refractivity contribution in [2.75, 3.05) is 11.9 Å². The topological polar surface area (TPSA) is 38.3 Å². The Balaban J connectivity index is 1.89. The molecule has 0 heterocycles. The molecule has 0 unspecified atom stereocenters. The van der Waals surface area contributed by atoms with Gasteiger partial charge in [0.1, 0.15) is 5.75 Å². The van der Waals surface area contributed by atoms with Crippen LogP contribution < -0.4 is 10.1 Å². The summed E-state index contributed by atoms with van der Waals surface area (Å²) >= 11 is 2.25. The first-order valence-electron chi connectivity index (χ1n) is 6.86. The normalized spacial score (nSPS) is 10.2. The van der Waals surface area contributed by atoms with Crippen LogP contribution in [-0.4, -0.2) is 12.5 Å². The Hall–Kier alpha value is -1.56. The van der Waals surface area contributed by atoms with Crippen molar-refractivity contribution in [2.45, 2.75) is 20.3 Å². The second kappa shape index (κ2) is 7.45. The first kappa shape index (κ1) is 15.8. The number of carbonyl (C=O) groups is 1. The largest absolute Gasteiger partial charge is 0.484 e. The Morgan fingerprint density at radius 1 is 1.19 bits per heavy atom. The molecular formula is C17H18INO2. The van der Waals surface area contributed by atoms with Crippen LogP contribution in [0.5, 0.6) is 5.75 Å². The van der Waals surface area contributed by atoms with Crippen LogP contribution in [0.2, 0.25) is 0 Å². The van der Waals surface area contributed by atoms with E-state index in [1.54, 1.807) is 0 Å². The van der Waals surface area contributed by atoms with E-state index in [4.69, 9.17) is 4.74 Å². The maximum atomic E-state index is 11.9. The molecule has 0 spiro atoms. The van der Waals surface area contributed by atoms with Crippen LogP contribution in [0.4, 0.5) is 5.69 Å². The number of hydrogen-bond acceptors (Lipinski definition) is 2. The minimum absolute atomic E-state index is 0.0108. The molecular weight excluding hydrogens is 377 g/mol. The van der Waals surface area contributed by atoms with E-state index < -0.39 is 0 Å². The molecule has 0 aliphatic carbocycles. The van der Waals surface area contributed by atoms with Crippen LogP contribution in [0.3, 0.4) is 0 Å². The highest BCUT2D eigenvalue weighted by Gasteiger charge is 2.06. The van der Waals surface area contributed by atoms with Crippen molar-refractivity contribution in [2.24, 2.45) is 0 Å². The van der Waals surface area contributed by atoms with Crippen molar-refractivity contribution in [1.82, 2.24) is 0 Å². The van der Waals surface area contributed by atoms with E-state index in [1.165, 1.54) is 5.56 Å². The predicted molar refractivity (Wildman–Crippen MR) is 93.8 cm³/mol. The molecule has 4 heteroatoms. The Morgan fingerprint density at radius 3 is 2.52 bits per heavy atom. The zero-order chi connectivity index (χ0) is 15.2. The van der Waals surface area contributed by atoms with Crippen molar-refractivity contribution in [3.63, 3.8) is 0 Å². The highest BCUT2D eigenvalue weighted by Crippen LogP contribution is 2.18. The first-order chi connectivity index (χ1) is 10.1. The predicted octanol–water partition coefficient (Wildman–Crippen LogP) is 4.18. The van der Waals surface area contributed by atoms with Gasteiger partial charge in [0.15, 0.2) is 6.61 Å². The van der Waals surface area contributed by atoms with Crippen LogP contribution in [0.1, 0.15) is 18.1 Å². The first-order valence-corrected chi connectivity index (χ1v) is 7.94. The molecule has 0 fully saturated rings. The summed E-state index contributed by atoms with van der Waals surface area (Å²) in [5.41, 5.74) is 3.12. The molecule has 0 saturated heterocycles. The Labute approximate surface area is 138 Å². The minimum Gasteiger partial charge on any atom is -0.484 e. The Morgan fingerprint density at radius 2 is 1.90 bits per heavy atom. The van der Waals surface area contributed by atoms with Crippen molar-refractivity contribution in [1.29, 1.82) is 0 Å². The summed E-state index contributed by atoms with van der Waals surface area (Å²) in [5, 5.41) is 2.86. The number of halogens is 1. The van der Waals surface area contributed by atoms with Gasteiger partial charge in [-0.05, 0) is 77.4 Å². The highest BCUT2D eigenvalue weighted by atomic mass is 127. The van der Waals surface area contributed by atoms with Gasteiger partial charge in [0.05, 0.1) is 0 Å². The maximum Gasteiger partial charge on any atom is 0.262 e. The van der Waals surface area contributed by atoms with Gasteiger partial charge in [-0.15, -0.1) is 0 Å². The Bertz CT molecular complexity index is 623. The average molecular weight is 395 g/mol. The number of rotatable bonds is 5. The van der Waals surface area contributed by atoms with Gasteiger partial charge in [-0.2, -0.15) is 0 Å². The number of anilines is 1. The molecule has 1 N–H and O–H groups in total. The molecule has 0 aliphatic rings. The molecule has 0 aliphatic heterocycles. The average Bonchev–Trinajstić information content (AvgIpc) is 2.48. The quantitative estimate of drug-likeness (QED) is 0.772. The molecule has 2 rings (SSSR count). The summed E-state index contributed by atoms with van der Waals surface area (Å²) in [5.74, 6) is 0.556. The van der Waals surface area contributed by atoms with Crippen molar-refractivity contribution in [3.8, 4) is 5.75 Å². The van der Waals surface area contributed by atoms with Gasteiger partial charge < -0.3 is 10.1 Å². The van der Waals surface area contributed by atoms with Crippen LogP contribution in [0, 0.1) is 10.5 Å². The minimum atomic E-state index is -0.154. The summed E-state index contributed by atoms with van der Waals surface area (Å²) in [6.45, 7) is 4.09. The fourth-order valence-electron chi connectivity index (χ4n) is 1.92. The smallest absolute Gasteiger partial charge is 0.262 e. The van der Waals surface area contributed by atoms with Gasteiger partial charge in [0.2, 0.25) is 0 Å². The fourth-order valence-corrected chi connectivity index (χ4v) is 2.57. The summed E-state index contributed by atoms with van der Waals surface area (Å²) in [6, 6.07) is 13.7. The summed E-state index contributed by atoms with van der Waals surface area (Å²) < 4.78 is 6.64. The van der Waals surface area contributed by atoms with Crippen molar-refractivity contribution < 1.29 is 9.53 Å². The van der Waals surface area contributed by atoms with E-state index in [0.717, 1.165) is 21.2 Å². The van der Waals surface area contributed by atoms with Gasteiger partial charge in [-0.1, -0.05) is 19.1 Å². The Kier molecular flexibility index (Phi) is 5.61. The molecule has 0 saturated carbocycles. The van der Waals surface area contributed by atoms with E-state index >= 15 is 0 Å². The number of carbonyl (C=O) groups excluding carboxylic acids is 1. The lowest BCUT2D eigenvalue weighted by Crippen LogP contribution is -2.20. The second-order valence-corrected chi connectivity index (χ2v) is 6.04. The van der Waals surface area contributed by atoms with Crippen molar-refractivity contribution >= 4 is 34.2 Å². The van der Waals surface area contributed by atoms with E-state index in [2.05, 4.69) is 34.8 Å². The molecule has 0 aromatic heterocycles. The highest BCUT2D eigenvalue weighted by molar-refractivity contribution is 14.1. The lowest BCUT2D eigenvalue weighted by Gasteiger charge is -2.10. The van der Waals surface area contributed by atoms with Gasteiger partial charge in [-0.3, -0.25) is 4.79 Å².